The van der Waals surface area contributed by atoms with Gasteiger partial charge in [0, 0.05) is 18.3 Å². The van der Waals surface area contributed by atoms with E-state index in [0.29, 0.717) is 0 Å². The molecule has 0 atom stereocenters. The Kier molecular flexibility index (Phi) is 4.41. The number of hydrogen-bond acceptors (Lipinski definition) is 3. The van der Waals surface area contributed by atoms with Crippen LogP contribution in [0.5, 0.6) is 0 Å². The SMILES string of the molecule is CCC1(CC)CC2(CC(C)(C)N1[OH2+])OCC1(CC=CCC1)CO2. The average molecular weight is 324 g/mol. The van der Waals surface area contributed by atoms with E-state index in [1.165, 1.54) is 6.42 Å². The van der Waals surface area contributed by atoms with Crippen LogP contribution in [-0.2, 0) is 9.47 Å². The third-order valence-electron chi connectivity index (χ3n) is 6.54. The lowest BCUT2D eigenvalue weighted by Gasteiger charge is -2.57. The fraction of sp³-hybridized carbons (Fsp3) is 0.895. The maximum absolute atomic E-state index is 8.68. The largest absolute Gasteiger partial charge is 0.349 e. The number of allylic oxidation sites excluding steroid dienone is 2. The lowest BCUT2D eigenvalue weighted by Crippen LogP contribution is -2.68. The van der Waals surface area contributed by atoms with Crippen LogP contribution in [-0.4, -0.2) is 40.3 Å². The minimum Gasteiger partial charge on any atom is -0.349 e. The van der Waals surface area contributed by atoms with Gasteiger partial charge in [-0.1, -0.05) is 31.1 Å². The van der Waals surface area contributed by atoms with Gasteiger partial charge in [0.2, 0.25) is 0 Å². The van der Waals surface area contributed by atoms with Crippen molar-refractivity contribution in [2.45, 2.75) is 89.5 Å². The van der Waals surface area contributed by atoms with E-state index in [9.17, 15) is 0 Å². The Bertz CT molecular complexity index is 459. The van der Waals surface area contributed by atoms with Crippen molar-refractivity contribution in [3.05, 3.63) is 12.2 Å². The highest BCUT2D eigenvalue weighted by molar-refractivity contribution is 5.06. The zero-order valence-corrected chi connectivity index (χ0v) is 15.3. The Morgan fingerprint density at radius 1 is 1.04 bits per heavy atom. The van der Waals surface area contributed by atoms with E-state index in [1.54, 1.807) is 0 Å². The quantitative estimate of drug-likeness (QED) is 0.576. The maximum Gasteiger partial charge on any atom is 0.172 e. The fourth-order valence-electron chi connectivity index (χ4n) is 4.90. The molecule has 2 saturated heterocycles. The Hall–Kier alpha value is -0.420. The van der Waals surface area contributed by atoms with E-state index in [1.807, 2.05) is 5.06 Å². The molecule has 23 heavy (non-hydrogen) atoms. The minimum absolute atomic E-state index is 0.154. The van der Waals surface area contributed by atoms with Gasteiger partial charge in [0.05, 0.1) is 24.3 Å². The van der Waals surface area contributed by atoms with E-state index >= 15 is 0 Å². The molecule has 132 valence electrons. The second kappa shape index (κ2) is 5.83. The van der Waals surface area contributed by atoms with Crippen molar-refractivity contribution in [1.82, 2.24) is 5.06 Å². The number of rotatable bonds is 2. The van der Waals surface area contributed by atoms with Crippen LogP contribution < -0.4 is 0 Å². The molecule has 2 spiro atoms. The molecule has 0 aromatic carbocycles. The summed E-state index contributed by atoms with van der Waals surface area (Å²) in [5, 5.41) is 10.5. The van der Waals surface area contributed by atoms with Crippen LogP contribution in [0.15, 0.2) is 12.2 Å². The van der Waals surface area contributed by atoms with Crippen LogP contribution in [0.4, 0.5) is 0 Å². The molecule has 0 unspecified atom stereocenters. The van der Waals surface area contributed by atoms with Gasteiger partial charge >= 0.3 is 0 Å². The third kappa shape index (κ3) is 2.88. The summed E-state index contributed by atoms with van der Waals surface area (Å²) in [5.74, 6) is -0.501. The van der Waals surface area contributed by atoms with Gasteiger partial charge in [-0.05, 0) is 46.0 Å². The van der Waals surface area contributed by atoms with Crippen LogP contribution in [0, 0.1) is 5.41 Å². The second-order valence-electron chi connectivity index (χ2n) is 8.64. The van der Waals surface area contributed by atoms with Crippen LogP contribution in [0.25, 0.3) is 0 Å². The normalized spacial score (nSPS) is 31.5. The predicted molar refractivity (Wildman–Crippen MR) is 92.1 cm³/mol. The number of piperidine rings is 1. The topological polar surface area (TPSA) is 44.6 Å². The van der Waals surface area contributed by atoms with Crippen LogP contribution >= 0.6 is 0 Å². The molecule has 2 heterocycles. The molecule has 2 aliphatic heterocycles. The zero-order chi connectivity index (χ0) is 16.8. The van der Waals surface area contributed by atoms with Crippen molar-refractivity contribution in [2.75, 3.05) is 13.2 Å². The van der Waals surface area contributed by atoms with Crippen LogP contribution in [0.2, 0.25) is 0 Å². The monoisotopic (exact) mass is 324 g/mol. The van der Waals surface area contributed by atoms with Crippen LogP contribution in [0.1, 0.15) is 72.6 Å². The number of ether oxygens (including phenoxy) is 2. The Labute approximate surface area is 140 Å². The van der Waals surface area contributed by atoms with E-state index in [4.69, 9.17) is 14.7 Å². The summed E-state index contributed by atoms with van der Waals surface area (Å²) in [6.45, 7) is 10.3. The Balaban J connectivity index is 1.81. The molecule has 0 aromatic heterocycles. The lowest BCUT2D eigenvalue weighted by molar-refractivity contribution is -0.378. The van der Waals surface area contributed by atoms with Crippen molar-refractivity contribution in [3.8, 4) is 0 Å². The molecule has 3 rings (SSSR count). The first kappa shape index (κ1) is 17.4. The molecule has 2 N–H and O–H groups in total. The number of nitrogens with zero attached hydrogens (tertiary/aromatic N) is 1. The van der Waals surface area contributed by atoms with Crippen LogP contribution in [0.3, 0.4) is 0 Å². The fourth-order valence-corrected chi connectivity index (χ4v) is 4.90. The molecule has 4 heteroatoms. The van der Waals surface area contributed by atoms with Crippen molar-refractivity contribution in [1.29, 1.82) is 0 Å². The van der Waals surface area contributed by atoms with Gasteiger partial charge in [-0.15, -0.1) is 0 Å². The smallest absolute Gasteiger partial charge is 0.172 e. The first-order valence-electron chi connectivity index (χ1n) is 9.26. The van der Waals surface area contributed by atoms with E-state index in [2.05, 4.69) is 39.8 Å². The molecule has 1 aliphatic carbocycles. The highest BCUT2D eigenvalue weighted by atomic mass is 16.7. The van der Waals surface area contributed by atoms with Gasteiger partial charge in [0.15, 0.2) is 5.79 Å². The molecular formula is C19H34NO3+. The summed E-state index contributed by atoms with van der Waals surface area (Å²) in [7, 11) is 0. The standard InChI is InChI=1S/C19H33NO3/c1-5-18(6-2)13-19(12-16(3,4)20(18)21)22-14-17(15-23-19)10-8-7-9-11-17/h7-8,21H,5-6,9-15H2,1-4H3/p+1. The van der Waals surface area contributed by atoms with Crippen molar-refractivity contribution in [3.63, 3.8) is 0 Å². The lowest BCUT2D eigenvalue weighted by atomic mass is 9.72. The third-order valence-corrected chi connectivity index (χ3v) is 6.54. The second-order valence-corrected chi connectivity index (χ2v) is 8.64. The van der Waals surface area contributed by atoms with Gasteiger partial charge in [-0.3, -0.25) is 0 Å². The maximum atomic E-state index is 8.68. The van der Waals surface area contributed by atoms with Gasteiger partial charge in [0.25, 0.3) is 0 Å². The summed E-state index contributed by atoms with van der Waals surface area (Å²) < 4.78 is 13.0. The first-order valence-corrected chi connectivity index (χ1v) is 9.26. The summed E-state index contributed by atoms with van der Waals surface area (Å²) in [5.41, 5.74) is -0.205. The van der Waals surface area contributed by atoms with E-state index in [0.717, 1.165) is 51.7 Å². The van der Waals surface area contributed by atoms with Gasteiger partial charge in [-0.25, -0.2) is 0 Å². The summed E-state index contributed by atoms with van der Waals surface area (Å²) in [6, 6.07) is 0. The van der Waals surface area contributed by atoms with Gasteiger partial charge in [0.1, 0.15) is 0 Å². The molecule has 2 fully saturated rings. The van der Waals surface area contributed by atoms with E-state index < -0.39 is 5.79 Å². The predicted octanol–water partition coefficient (Wildman–Crippen LogP) is 3.53. The molecule has 3 aliphatic rings. The minimum atomic E-state index is -0.501. The molecule has 0 saturated carbocycles. The number of hydrogen-bond donors (Lipinski definition) is 0. The number of hydroxylamine groups is 2. The molecule has 0 amide bonds. The Morgan fingerprint density at radius 3 is 2.22 bits per heavy atom. The zero-order valence-electron chi connectivity index (χ0n) is 15.3. The molecule has 0 bridgehead atoms. The molecule has 0 aromatic rings. The summed E-state index contributed by atoms with van der Waals surface area (Å²) in [4.78, 5) is 0. The van der Waals surface area contributed by atoms with Crippen molar-refractivity contribution < 1.29 is 14.7 Å². The highest BCUT2D eigenvalue weighted by Crippen LogP contribution is 2.51. The summed E-state index contributed by atoms with van der Waals surface area (Å²) >= 11 is 0. The van der Waals surface area contributed by atoms with Crippen molar-refractivity contribution >= 4 is 0 Å². The first-order chi connectivity index (χ1) is 10.8. The van der Waals surface area contributed by atoms with Gasteiger partial charge < -0.3 is 14.7 Å². The highest BCUT2D eigenvalue weighted by Gasteiger charge is 2.60. The van der Waals surface area contributed by atoms with Crippen molar-refractivity contribution in [2.24, 2.45) is 5.41 Å². The molecule has 4 nitrogen and oxygen atoms in total. The average Bonchev–Trinajstić information content (AvgIpc) is 2.55. The van der Waals surface area contributed by atoms with Gasteiger partial charge in [-0.2, -0.15) is 0 Å². The molecular weight excluding hydrogens is 290 g/mol. The van der Waals surface area contributed by atoms with E-state index in [-0.39, 0.29) is 16.5 Å². The summed E-state index contributed by atoms with van der Waals surface area (Å²) in [6.07, 6.45) is 11.4. The Morgan fingerprint density at radius 2 is 1.70 bits per heavy atom. The molecule has 0 radical (unpaired) electrons.